The third-order valence-electron chi connectivity index (χ3n) is 10.9. The van der Waals surface area contributed by atoms with Gasteiger partial charge in [-0.25, -0.2) is 4.39 Å². The second-order valence-corrected chi connectivity index (χ2v) is 13.7. The van der Waals surface area contributed by atoms with Crippen LogP contribution in [-0.2, 0) is 0 Å². The lowest BCUT2D eigenvalue weighted by Crippen LogP contribution is -2.25. The Labute approximate surface area is 244 Å². The first-order valence-electron chi connectivity index (χ1n) is 17.4. The highest BCUT2D eigenvalue weighted by Crippen LogP contribution is 2.45. The molecule has 0 aromatic heterocycles. The average molecular weight is 557 g/mol. The van der Waals surface area contributed by atoms with Crippen molar-refractivity contribution in [3.05, 3.63) is 41.5 Å². The molecule has 3 saturated carbocycles. The van der Waals surface area contributed by atoms with Crippen LogP contribution in [0.25, 0.3) is 0 Å². The second-order valence-electron chi connectivity index (χ2n) is 13.7. The lowest BCUT2D eigenvalue weighted by atomic mass is 9.68. The molecule has 0 aliphatic heterocycles. The average Bonchev–Trinajstić information content (AvgIpc) is 2.99. The van der Waals surface area contributed by atoms with Gasteiger partial charge in [0.15, 0.2) is 11.6 Å². The van der Waals surface area contributed by atoms with E-state index in [-0.39, 0.29) is 11.7 Å². The van der Waals surface area contributed by atoms with E-state index in [1.165, 1.54) is 103 Å². The van der Waals surface area contributed by atoms with Gasteiger partial charge in [0.25, 0.3) is 0 Å². The van der Waals surface area contributed by atoms with E-state index in [4.69, 9.17) is 4.74 Å². The standard InChI is InChI=1S/C37H58F2O/c1-3-5-7-10-28-13-15-29(16-14-28)11-8-9-12-30-17-19-31(20-18-30)32-21-23-33(24-22-32)34-25-26-35(37(39)36(34)38)40-27-6-4-2/h8,11,25-26,28-33H,3-7,9-10,12-24,27H2,1-2H3/b11-8+. The zero-order chi connectivity index (χ0) is 28.2. The molecule has 1 aromatic rings. The number of unbranched alkanes of at least 4 members (excludes halogenated alkanes) is 3. The van der Waals surface area contributed by atoms with E-state index in [9.17, 15) is 8.78 Å². The summed E-state index contributed by atoms with van der Waals surface area (Å²) in [4.78, 5) is 0. The smallest absolute Gasteiger partial charge is 0.200 e. The minimum absolute atomic E-state index is 0.0657. The number of allylic oxidation sites excluding steroid dienone is 2. The van der Waals surface area contributed by atoms with Crippen molar-refractivity contribution in [2.75, 3.05) is 6.61 Å². The van der Waals surface area contributed by atoms with Crippen molar-refractivity contribution >= 4 is 0 Å². The van der Waals surface area contributed by atoms with Crippen LogP contribution in [-0.4, -0.2) is 6.61 Å². The molecule has 3 heteroatoms. The Hall–Kier alpha value is -1.38. The molecular weight excluding hydrogens is 498 g/mol. The van der Waals surface area contributed by atoms with Crippen LogP contribution in [0.5, 0.6) is 5.75 Å². The van der Waals surface area contributed by atoms with Gasteiger partial charge in [-0.3, -0.25) is 0 Å². The van der Waals surface area contributed by atoms with Gasteiger partial charge in [-0.1, -0.05) is 77.0 Å². The molecule has 0 N–H and O–H groups in total. The fraction of sp³-hybridized carbons (Fsp3) is 0.784. The zero-order valence-electron chi connectivity index (χ0n) is 25.8. The lowest BCUT2D eigenvalue weighted by Gasteiger charge is -2.38. The molecule has 1 aromatic carbocycles. The summed E-state index contributed by atoms with van der Waals surface area (Å²) in [6.45, 7) is 4.81. The predicted molar refractivity (Wildman–Crippen MR) is 165 cm³/mol. The Kier molecular flexibility index (Phi) is 13.3. The number of benzene rings is 1. The Morgan fingerprint density at radius 1 is 0.700 bits per heavy atom. The topological polar surface area (TPSA) is 9.23 Å². The number of rotatable bonds is 14. The molecule has 3 aliphatic rings. The zero-order valence-corrected chi connectivity index (χ0v) is 25.8. The summed E-state index contributed by atoms with van der Waals surface area (Å²) in [5.74, 6) is 3.11. The highest BCUT2D eigenvalue weighted by Gasteiger charge is 2.32. The molecule has 0 saturated heterocycles. The molecule has 0 amide bonds. The normalized spacial score (nSPS) is 29.6. The quantitative estimate of drug-likeness (QED) is 0.163. The summed E-state index contributed by atoms with van der Waals surface area (Å²) in [6, 6.07) is 3.43. The monoisotopic (exact) mass is 556 g/mol. The van der Waals surface area contributed by atoms with E-state index >= 15 is 0 Å². The maximum absolute atomic E-state index is 14.9. The molecular formula is C37H58F2O. The number of ether oxygens (including phenoxy) is 1. The van der Waals surface area contributed by atoms with Crippen LogP contribution in [0.2, 0.25) is 0 Å². The van der Waals surface area contributed by atoms with E-state index in [0.29, 0.717) is 12.2 Å². The van der Waals surface area contributed by atoms with E-state index < -0.39 is 11.6 Å². The molecule has 1 nitrogen and oxygen atoms in total. The second kappa shape index (κ2) is 16.9. The van der Waals surface area contributed by atoms with Crippen molar-refractivity contribution in [3.8, 4) is 5.75 Å². The SMILES string of the molecule is CCCCCC1CCC(/C=C/CCC2CCC(C3CCC(c4ccc(OCCCC)c(F)c4F)CC3)CC2)CC1. The highest BCUT2D eigenvalue weighted by atomic mass is 19.2. The molecule has 0 atom stereocenters. The molecule has 226 valence electrons. The molecule has 4 rings (SSSR count). The molecule has 0 radical (unpaired) electrons. The van der Waals surface area contributed by atoms with E-state index in [1.807, 2.05) is 0 Å². The first-order chi connectivity index (χ1) is 19.6. The van der Waals surface area contributed by atoms with Gasteiger partial charge in [0.1, 0.15) is 0 Å². The van der Waals surface area contributed by atoms with Crippen LogP contribution in [0.3, 0.4) is 0 Å². The number of hydrogen-bond acceptors (Lipinski definition) is 1. The summed E-state index contributed by atoms with van der Waals surface area (Å²) < 4.78 is 35.0. The van der Waals surface area contributed by atoms with Gasteiger partial charge in [-0.15, -0.1) is 0 Å². The predicted octanol–water partition coefficient (Wildman–Crippen LogP) is 11.9. The number of hydrogen-bond donors (Lipinski definition) is 0. The fourth-order valence-electron chi connectivity index (χ4n) is 8.12. The van der Waals surface area contributed by atoms with Gasteiger partial charge < -0.3 is 4.74 Å². The summed E-state index contributed by atoms with van der Waals surface area (Å²) in [5.41, 5.74) is 0.565. The number of halogens is 2. The largest absolute Gasteiger partial charge is 0.490 e. The minimum atomic E-state index is -0.797. The van der Waals surface area contributed by atoms with Gasteiger partial charge in [0.05, 0.1) is 6.61 Å². The summed E-state index contributed by atoms with van der Waals surface area (Å²) >= 11 is 0. The summed E-state index contributed by atoms with van der Waals surface area (Å²) in [7, 11) is 0. The van der Waals surface area contributed by atoms with E-state index in [1.54, 1.807) is 12.1 Å². The Balaban J connectivity index is 1.11. The van der Waals surface area contributed by atoms with Crippen molar-refractivity contribution in [2.24, 2.45) is 29.6 Å². The van der Waals surface area contributed by atoms with E-state index in [0.717, 1.165) is 55.3 Å². The minimum Gasteiger partial charge on any atom is -0.490 e. The van der Waals surface area contributed by atoms with Crippen molar-refractivity contribution < 1.29 is 13.5 Å². The van der Waals surface area contributed by atoms with Crippen LogP contribution >= 0.6 is 0 Å². The summed E-state index contributed by atoms with van der Waals surface area (Å²) in [5, 5.41) is 0. The van der Waals surface area contributed by atoms with Crippen molar-refractivity contribution in [1.29, 1.82) is 0 Å². The Bertz CT molecular complexity index is 870. The lowest BCUT2D eigenvalue weighted by molar-refractivity contribution is 0.156. The van der Waals surface area contributed by atoms with Crippen LogP contribution in [0.1, 0.15) is 154 Å². The van der Waals surface area contributed by atoms with Gasteiger partial charge in [0.2, 0.25) is 5.82 Å². The third kappa shape index (κ3) is 9.32. The highest BCUT2D eigenvalue weighted by molar-refractivity contribution is 5.33. The third-order valence-corrected chi connectivity index (χ3v) is 10.9. The molecule has 0 unspecified atom stereocenters. The maximum atomic E-state index is 14.9. The van der Waals surface area contributed by atoms with Gasteiger partial charge >= 0.3 is 0 Å². The van der Waals surface area contributed by atoms with Crippen molar-refractivity contribution in [3.63, 3.8) is 0 Å². The van der Waals surface area contributed by atoms with Gasteiger partial charge in [-0.05, 0) is 131 Å². The molecule has 3 aliphatic carbocycles. The fourth-order valence-corrected chi connectivity index (χ4v) is 8.12. The molecule has 0 heterocycles. The van der Waals surface area contributed by atoms with Gasteiger partial charge in [-0.2, -0.15) is 4.39 Å². The molecule has 3 fully saturated rings. The van der Waals surface area contributed by atoms with Crippen LogP contribution in [0.15, 0.2) is 24.3 Å². The van der Waals surface area contributed by atoms with Crippen LogP contribution < -0.4 is 4.74 Å². The van der Waals surface area contributed by atoms with Gasteiger partial charge in [0, 0.05) is 0 Å². The van der Waals surface area contributed by atoms with Crippen molar-refractivity contribution in [2.45, 2.75) is 148 Å². The molecule has 0 spiro atoms. The van der Waals surface area contributed by atoms with Crippen LogP contribution in [0.4, 0.5) is 8.78 Å². The van der Waals surface area contributed by atoms with Crippen molar-refractivity contribution in [1.82, 2.24) is 0 Å². The Morgan fingerprint density at radius 3 is 2.00 bits per heavy atom. The van der Waals surface area contributed by atoms with E-state index in [2.05, 4.69) is 26.0 Å². The Morgan fingerprint density at radius 2 is 1.32 bits per heavy atom. The molecule has 40 heavy (non-hydrogen) atoms. The van der Waals surface area contributed by atoms with Crippen LogP contribution in [0, 0.1) is 41.2 Å². The summed E-state index contributed by atoms with van der Waals surface area (Å²) in [6.07, 6.45) is 30.8. The first-order valence-corrected chi connectivity index (χ1v) is 17.4. The first kappa shape index (κ1) is 31.6. The molecule has 0 bridgehead atoms. The maximum Gasteiger partial charge on any atom is 0.200 e.